The maximum absolute atomic E-state index is 12.0. The first-order valence-electron chi connectivity index (χ1n) is 5.40. The molecule has 98 valence electrons. The molecule has 0 fully saturated rings. The molecule has 0 aromatic carbocycles. The van der Waals surface area contributed by atoms with Crippen molar-refractivity contribution in [2.24, 2.45) is 0 Å². The minimum absolute atomic E-state index is 0.114. The second-order valence-electron chi connectivity index (χ2n) is 3.98. The molecular formula is C11H16F3NO2. The summed E-state index contributed by atoms with van der Waals surface area (Å²) in [4.78, 5) is 0. The van der Waals surface area contributed by atoms with Gasteiger partial charge in [-0.25, -0.2) is 0 Å². The largest absolute Gasteiger partial charge is 0.469 e. The van der Waals surface area contributed by atoms with Crippen LogP contribution in [0, 0.1) is 0 Å². The molecule has 17 heavy (non-hydrogen) atoms. The molecule has 3 nitrogen and oxygen atoms in total. The Bertz CT molecular complexity index is 311. The topological polar surface area (TPSA) is 45.4 Å². The Morgan fingerprint density at radius 2 is 2.18 bits per heavy atom. The summed E-state index contributed by atoms with van der Waals surface area (Å²) in [5, 5.41) is 11.4. The lowest BCUT2D eigenvalue weighted by atomic mass is 10.1. The molecular weight excluding hydrogens is 235 g/mol. The zero-order chi connectivity index (χ0) is 12.9. The number of aliphatic hydroxyl groups is 1. The van der Waals surface area contributed by atoms with Crippen molar-refractivity contribution in [3.63, 3.8) is 0 Å². The molecule has 1 heterocycles. The molecule has 0 aliphatic carbocycles. The maximum atomic E-state index is 12.0. The van der Waals surface area contributed by atoms with E-state index < -0.39 is 18.8 Å². The van der Waals surface area contributed by atoms with Gasteiger partial charge >= 0.3 is 6.18 Å². The molecule has 0 bridgehead atoms. The SMILES string of the molecule is CC(CCc1ccco1)NCC(O)C(F)(F)F. The summed E-state index contributed by atoms with van der Waals surface area (Å²) in [6.45, 7) is 1.29. The quantitative estimate of drug-likeness (QED) is 0.814. The Kier molecular flexibility index (Phi) is 5.02. The van der Waals surface area contributed by atoms with Gasteiger partial charge in [0.05, 0.1) is 6.26 Å². The first-order valence-corrected chi connectivity index (χ1v) is 5.40. The van der Waals surface area contributed by atoms with Crippen molar-refractivity contribution >= 4 is 0 Å². The molecule has 6 heteroatoms. The third-order valence-corrected chi connectivity index (χ3v) is 2.44. The molecule has 0 aliphatic rings. The third kappa shape index (κ3) is 5.23. The predicted molar refractivity (Wildman–Crippen MR) is 56.6 cm³/mol. The molecule has 0 spiro atoms. The van der Waals surface area contributed by atoms with E-state index >= 15 is 0 Å². The highest BCUT2D eigenvalue weighted by atomic mass is 19.4. The van der Waals surface area contributed by atoms with Crippen LogP contribution in [0.1, 0.15) is 19.1 Å². The van der Waals surface area contributed by atoms with Gasteiger partial charge in [-0.3, -0.25) is 0 Å². The number of aliphatic hydroxyl groups excluding tert-OH is 1. The smallest absolute Gasteiger partial charge is 0.415 e. The minimum Gasteiger partial charge on any atom is -0.469 e. The number of halogens is 3. The zero-order valence-electron chi connectivity index (χ0n) is 9.50. The lowest BCUT2D eigenvalue weighted by Gasteiger charge is -2.18. The Morgan fingerprint density at radius 3 is 2.71 bits per heavy atom. The Hall–Kier alpha value is -1.01. The lowest BCUT2D eigenvalue weighted by molar-refractivity contribution is -0.202. The number of furan rings is 1. The average Bonchev–Trinajstić information content (AvgIpc) is 2.74. The van der Waals surface area contributed by atoms with Crippen LogP contribution in [0.3, 0.4) is 0 Å². The maximum Gasteiger partial charge on any atom is 0.415 e. The van der Waals surface area contributed by atoms with Crippen LogP contribution in [0.15, 0.2) is 22.8 Å². The van der Waals surface area contributed by atoms with Gasteiger partial charge in [-0.1, -0.05) is 0 Å². The molecule has 2 atom stereocenters. The summed E-state index contributed by atoms with van der Waals surface area (Å²) < 4.78 is 41.1. The van der Waals surface area contributed by atoms with Crippen LogP contribution in [0.4, 0.5) is 13.2 Å². The zero-order valence-corrected chi connectivity index (χ0v) is 9.50. The van der Waals surface area contributed by atoms with Gasteiger partial charge < -0.3 is 14.8 Å². The van der Waals surface area contributed by atoms with Crippen molar-refractivity contribution in [3.8, 4) is 0 Å². The van der Waals surface area contributed by atoms with Gasteiger partial charge in [0.15, 0.2) is 6.10 Å². The van der Waals surface area contributed by atoms with Gasteiger partial charge in [-0.15, -0.1) is 0 Å². The van der Waals surface area contributed by atoms with Gasteiger partial charge in [0.1, 0.15) is 5.76 Å². The van der Waals surface area contributed by atoms with E-state index in [1.54, 1.807) is 19.3 Å². The summed E-state index contributed by atoms with van der Waals surface area (Å²) in [6, 6.07) is 3.47. The molecule has 0 aliphatic heterocycles. The molecule has 2 unspecified atom stereocenters. The van der Waals surface area contributed by atoms with E-state index in [0.29, 0.717) is 12.8 Å². The second-order valence-corrected chi connectivity index (χ2v) is 3.98. The van der Waals surface area contributed by atoms with Crippen LogP contribution in [0.25, 0.3) is 0 Å². The lowest BCUT2D eigenvalue weighted by Crippen LogP contribution is -2.41. The van der Waals surface area contributed by atoms with Crippen LogP contribution in [-0.2, 0) is 6.42 Å². The second kappa shape index (κ2) is 6.07. The molecule has 1 aromatic heterocycles. The molecule has 0 amide bonds. The highest BCUT2D eigenvalue weighted by Gasteiger charge is 2.37. The van der Waals surface area contributed by atoms with Gasteiger partial charge in [0.2, 0.25) is 0 Å². The van der Waals surface area contributed by atoms with E-state index in [4.69, 9.17) is 9.52 Å². The molecule has 0 saturated carbocycles. The van der Waals surface area contributed by atoms with Crippen molar-refractivity contribution in [1.29, 1.82) is 0 Å². The third-order valence-electron chi connectivity index (χ3n) is 2.44. The summed E-state index contributed by atoms with van der Waals surface area (Å²) in [5.74, 6) is 0.801. The molecule has 2 N–H and O–H groups in total. The number of nitrogens with one attached hydrogen (secondary N) is 1. The van der Waals surface area contributed by atoms with Gasteiger partial charge in [-0.2, -0.15) is 13.2 Å². The van der Waals surface area contributed by atoms with E-state index in [0.717, 1.165) is 5.76 Å². The van der Waals surface area contributed by atoms with Crippen molar-refractivity contribution in [2.45, 2.75) is 38.1 Å². The van der Waals surface area contributed by atoms with Crippen molar-refractivity contribution in [1.82, 2.24) is 5.32 Å². The highest BCUT2D eigenvalue weighted by Crippen LogP contribution is 2.19. The Morgan fingerprint density at radius 1 is 1.47 bits per heavy atom. The fourth-order valence-electron chi connectivity index (χ4n) is 1.34. The minimum atomic E-state index is -4.56. The number of alkyl halides is 3. The van der Waals surface area contributed by atoms with E-state index in [-0.39, 0.29) is 6.04 Å². The van der Waals surface area contributed by atoms with Gasteiger partial charge in [0, 0.05) is 19.0 Å². The Balaban J connectivity index is 2.19. The summed E-state index contributed by atoms with van der Waals surface area (Å²) >= 11 is 0. The van der Waals surface area contributed by atoms with E-state index in [1.807, 2.05) is 6.07 Å². The Labute approximate surface area is 97.6 Å². The summed E-state index contributed by atoms with van der Waals surface area (Å²) in [6.07, 6.45) is -4.01. The normalized spacial score (nSPS) is 15.8. The van der Waals surface area contributed by atoms with E-state index in [9.17, 15) is 13.2 Å². The van der Waals surface area contributed by atoms with Gasteiger partial charge in [-0.05, 0) is 25.5 Å². The standard InChI is InChI=1S/C11H16F3NO2/c1-8(4-5-9-3-2-6-17-9)15-7-10(16)11(12,13)14/h2-3,6,8,10,15-16H,4-5,7H2,1H3. The fourth-order valence-corrected chi connectivity index (χ4v) is 1.34. The van der Waals surface area contributed by atoms with Crippen LogP contribution in [0.5, 0.6) is 0 Å². The molecule has 0 saturated heterocycles. The molecule has 1 rings (SSSR count). The summed E-state index contributed by atoms with van der Waals surface area (Å²) in [5.41, 5.74) is 0. The number of aryl methyl sites for hydroxylation is 1. The van der Waals surface area contributed by atoms with E-state index in [1.165, 1.54) is 0 Å². The first kappa shape index (κ1) is 14.1. The molecule has 0 radical (unpaired) electrons. The van der Waals surface area contributed by atoms with Crippen LogP contribution < -0.4 is 5.32 Å². The first-order chi connectivity index (χ1) is 7.89. The van der Waals surface area contributed by atoms with Crippen LogP contribution >= 0.6 is 0 Å². The fraction of sp³-hybridized carbons (Fsp3) is 0.636. The van der Waals surface area contributed by atoms with Crippen LogP contribution in [-0.4, -0.2) is 30.0 Å². The van der Waals surface area contributed by atoms with E-state index in [2.05, 4.69) is 5.32 Å². The summed E-state index contributed by atoms with van der Waals surface area (Å²) in [7, 11) is 0. The van der Waals surface area contributed by atoms with Crippen molar-refractivity contribution in [3.05, 3.63) is 24.2 Å². The number of hydrogen-bond acceptors (Lipinski definition) is 3. The van der Waals surface area contributed by atoms with Crippen molar-refractivity contribution < 1.29 is 22.7 Å². The average molecular weight is 251 g/mol. The number of rotatable bonds is 6. The molecule has 1 aromatic rings. The predicted octanol–water partition coefficient (Wildman–Crippen LogP) is 2.11. The monoisotopic (exact) mass is 251 g/mol. The van der Waals surface area contributed by atoms with Crippen LogP contribution in [0.2, 0.25) is 0 Å². The van der Waals surface area contributed by atoms with Gasteiger partial charge in [0.25, 0.3) is 0 Å². The highest BCUT2D eigenvalue weighted by molar-refractivity contribution is 4.98. The number of hydrogen-bond donors (Lipinski definition) is 2. The van der Waals surface area contributed by atoms with Crippen molar-refractivity contribution in [2.75, 3.05) is 6.54 Å².